The van der Waals surface area contributed by atoms with E-state index in [2.05, 4.69) is 9.97 Å². The van der Waals surface area contributed by atoms with Gasteiger partial charge in [0.15, 0.2) is 0 Å². The molecule has 0 aliphatic carbocycles. The van der Waals surface area contributed by atoms with Gasteiger partial charge < -0.3 is 10.5 Å². The molecule has 0 fully saturated rings. The molecule has 0 saturated carbocycles. The number of hydrogen-bond donors (Lipinski definition) is 1. The van der Waals surface area contributed by atoms with E-state index in [1.165, 1.54) is 0 Å². The standard InChI is InChI=1S/C10H14N4O/c1-6(15-3)4-9-13-7(2)8(5-11)10(12)14-9/h6H,4H2,1-3H3,(H2,12,13,14). The van der Waals surface area contributed by atoms with Gasteiger partial charge in [-0.15, -0.1) is 0 Å². The van der Waals surface area contributed by atoms with Gasteiger partial charge in [-0.1, -0.05) is 0 Å². The van der Waals surface area contributed by atoms with Crippen LogP contribution in [0.25, 0.3) is 0 Å². The van der Waals surface area contributed by atoms with Gasteiger partial charge in [0.1, 0.15) is 23.3 Å². The summed E-state index contributed by atoms with van der Waals surface area (Å²) < 4.78 is 5.10. The molecule has 0 saturated heterocycles. The third-order valence-electron chi connectivity index (χ3n) is 2.15. The molecule has 1 unspecified atom stereocenters. The molecule has 0 spiro atoms. The Bertz CT molecular complexity index is 374. The van der Waals surface area contributed by atoms with Crippen molar-refractivity contribution in [2.24, 2.45) is 0 Å². The van der Waals surface area contributed by atoms with Crippen molar-refractivity contribution in [3.63, 3.8) is 0 Å². The molecule has 1 aromatic rings. The summed E-state index contributed by atoms with van der Waals surface area (Å²) in [4.78, 5) is 8.26. The van der Waals surface area contributed by atoms with Crippen LogP contribution in [-0.4, -0.2) is 23.2 Å². The lowest BCUT2D eigenvalue weighted by Crippen LogP contribution is -2.13. The van der Waals surface area contributed by atoms with Crippen molar-refractivity contribution in [2.75, 3.05) is 12.8 Å². The molecule has 5 heteroatoms. The van der Waals surface area contributed by atoms with Crippen molar-refractivity contribution < 1.29 is 4.74 Å². The Balaban J connectivity index is 3.00. The molecule has 1 atom stereocenters. The van der Waals surface area contributed by atoms with Crippen LogP contribution in [0.4, 0.5) is 5.82 Å². The summed E-state index contributed by atoms with van der Waals surface area (Å²) in [5.74, 6) is 0.849. The van der Waals surface area contributed by atoms with Gasteiger partial charge in [0, 0.05) is 13.5 Å². The fraction of sp³-hybridized carbons (Fsp3) is 0.500. The van der Waals surface area contributed by atoms with Gasteiger partial charge in [-0.05, 0) is 13.8 Å². The first kappa shape index (κ1) is 11.4. The van der Waals surface area contributed by atoms with Crippen molar-refractivity contribution in [3.8, 4) is 6.07 Å². The first-order chi connectivity index (χ1) is 7.08. The smallest absolute Gasteiger partial charge is 0.145 e. The van der Waals surface area contributed by atoms with E-state index in [9.17, 15) is 0 Å². The van der Waals surface area contributed by atoms with E-state index in [0.29, 0.717) is 23.5 Å². The molecule has 0 bridgehead atoms. The van der Waals surface area contributed by atoms with Crippen LogP contribution in [0.15, 0.2) is 0 Å². The molecule has 0 aliphatic rings. The van der Waals surface area contributed by atoms with E-state index in [-0.39, 0.29) is 11.9 Å². The number of methoxy groups -OCH3 is 1. The van der Waals surface area contributed by atoms with Gasteiger partial charge in [-0.25, -0.2) is 9.97 Å². The van der Waals surface area contributed by atoms with Gasteiger partial charge in [0.05, 0.1) is 11.8 Å². The van der Waals surface area contributed by atoms with Crippen LogP contribution < -0.4 is 5.73 Å². The molecular weight excluding hydrogens is 192 g/mol. The predicted octanol–water partition coefficient (Wildman–Crippen LogP) is 0.816. The van der Waals surface area contributed by atoms with Crippen molar-refractivity contribution in [1.29, 1.82) is 5.26 Å². The Morgan fingerprint density at radius 2 is 2.20 bits per heavy atom. The van der Waals surface area contributed by atoms with Crippen LogP contribution in [-0.2, 0) is 11.2 Å². The highest BCUT2D eigenvalue weighted by atomic mass is 16.5. The first-order valence-corrected chi connectivity index (χ1v) is 4.64. The average molecular weight is 206 g/mol. The van der Waals surface area contributed by atoms with Gasteiger partial charge in [-0.2, -0.15) is 5.26 Å². The zero-order valence-corrected chi connectivity index (χ0v) is 9.11. The predicted molar refractivity (Wildman–Crippen MR) is 56.1 cm³/mol. The second-order valence-corrected chi connectivity index (χ2v) is 3.35. The van der Waals surface area contributed by atoms with Gasteiger partial charge in [-0.3, -0.25) is 0 Å². The number of anilines is 1. The SMILES string of the molecule is COC(C)Cc1nc(C)c(C#N)c(N)n1. The number of hydrogen-bond acceptors (Lipinski definition) is 5. The van der Waals surface area contributed by atoms with E-state index in [1.54, 1.807) is 14.0 Å². The topological polar surface area (TPSA) is 84.8 Å². The van der Waals surface area contributed by atoms with Crippen molar-refractivity contribution >= 4 is 5.82 Å². The van der Waals surface area contributed by atoms with E-state index >= 15 is 0 Å². The Morgan fingerprint density at radius 3 is 2.67 bits per heavy atom. The summed E-state index contributed by atoms with van der Waals surface area (Å²) >= 11 is 0. The summed E-state index contributed by atoms with van der Waals surface area (Å²) in [5.41, 5.74) is 6.60. The minimum Gasteiger partial charge on any atom is -0.382 e. The lowest BCUT2D eigenvalue weighted by atomic mass is 10.2. The van der Waals surface area contributed by atoms with Crippen LogP contribution in [0, 0.1) is 18.3 Å². The summed E-state index contributed by atoms with van der Waals surface area (Å²) in [6.07, 6.45) is 0.629. The molecule has 15 heavy (non-hydrogen) atoms. The normalized spacial score (nSPS) is 12.1. The van der Waals surface area contributed by atoms with Crippen molar-refractivity contribution in [2.45, 2.75) is 26.4 Å². The molecule has 5 nitrogen and oxygen atoms in total. The summed E-state index contributed by atoms with van der Waals surface area (Å²) in [7, 11) is 1.63. The minimum atomic E-state index is 0.0386. The fourth-order valence-electron chi connectivity index (χ4n) is 1.22. The Kier molecular flexibility index (Phi) is 3.58. The molecule has 0 aliphatic heterocycles. The monoisotopic (exact) mass is 206 g/mol. The average Bonchev–Trinajstić information content (AvgIpc) is 2.17. The highest BCUT2D eigenvalue weighted by Gasteiger charge is 2.10. The molecule has 1 rings (SSSR count). The van der Waals surface area contributed by atoms with Gasteiger partial charge in [0.25, 0.3) is 0 Å². The minimum absolute atomic E-state index is 0.0386. The quantitative estimate of drug-likeness (QED) is 0.791. The zero-order valence-electron chi connectivity index (χ0n) is 9.11. The van der Waals surface area contributed by atoms with E-state index in [4.69, 9.17) is 15.7 Å². The number of aromatic nitrogens is 2. The highest BCUT2D eigenvalue weighted by Crippen LogP contribution is 2.12. The fourth-order valence-corrected chi connectivity index (χ4v) is 1.22. The number of nitrogen functional groups attached to an aromatic ring is 1. The lowest BCUT2D eigenvalue weighted by molar-refractivity contribution is 0.117. The van der Waals surface area contributed by atoms with E-state index in [1.807, 2.05) is 13.0 Å². The van der Waals surface area contributed by atoms with Crippen LogP contribution in [0.1, 0.15) is 24.0 Å². The molecule has 0 radical (unpaired) electrons. The number of nitriles is 1. The van der Waals surface area contributed by atoms with Crippen LogP contribution >= 0.6 is 0 Å². The Hall–Kier alpha value is -1.67. The third kappa shape index (κ3) is 2.64. The Morgan fingerprint density at radius 1 is 1.53 bits per heavy atom. The number of ether oxygens (including phenoxy) is 1. The van der Waals surface area contributed by atoms with Gasteiger partial charge >= 0.3 is 0 Å². The zero-order chi connectivity index (χ0) is 11.4. The van der Waals surface area contributed by atoms with E-state index < -0.39 is 0 Å². The number of nitrogens with zero attached hydrogens (tertiary/aromatic N) is 3. The molecule has 1 heterocycles. The maximum atomic E-state index is 8.78. The largest absolute Gasteiger partial charge is 0.382 e. The molecule has 0 amide bonds. The molecule has 80 valence electrons. The maximum absolute atomic E-state index is 8.78. The number of rotatable bonds is 3. The van der Waals surface area contributed by atoms with Crippen LogP contribution in [0.2, 0.25) is 0 Å². The second kappa shape index (κ2) is 4.71. The maximum Gasteiger partial charge on any atom is 0.145 e. The second-order valence-electron chi connectivity index (χ2n) is 3.35. The highest BCUT2D eigenvalue weighted by molar-refractivity contribution is 5.50. The first-order valence-electron chi connectivity index (χ1n) is 4.64. The van der Waals surface area contributed by atoms with Gasteiger partial charge in [0.2, 0.25) is 0 Å². The van der Waals surface area contributed by atoms with Crippen molar-refractivity contribution in [1.82, 2.24) is 9.97 Å². The molecule has 2 N–H and O–H groups in total. The Labute approximate surface area is 88.9 Å². The van der Waals surface area contributed by atoms with Crippen LogP contribution in [0.5, 0.6) is 0 Å². The number of nitrogens with two attached hydrogens (primary N) is 1. The van der Waals surface area contributed by atoms with Crippen molar-refractivity contribution in [3.05, 3.63) is 17.1 Å². The molecule has 1 aromatic heterocycles. The summed E-state index contributed by atoms with van der Waals surface area (Å²) in [6, 6.07) is 1.98. The van der Waals surface area contributed by atoms with E-state index in [0.717, 1.165) is 0 Å². The van der Waals surface area contributed by atoms with Crippen LogP contribution in [0.3, 0.4) is 0 Å². The summed E-state index contributed by atoms with van der Waals surface area (Å²) in [5, 5.41) is 8.78. The third-order valence-corrected chi connectivity index (χ3v) is 2.15. The molecular formula is C10H14N4O. The number of aryl methyl sites for hydroxylation is 1. The summed E-state index contributed by atoms with van der Waals surface area (Å²) in [6.45, 7) is 3.67. The molecule has 0 aromatic carbocycles. The lowest BCUT2D eigenvalue weighted by Gasteiger charge is -2.09.